The summed E-state index contributed by atoms with van der Waals surface area (Å²) in [6.45, 7) is 13.0. The average molecular weight is 594 g/mol. The molecule has 1 aromatic heterocycles. The van der Waals surface area contributed by atoms with Gasteiger partial charge >= 0.3 is 12.1 Å². The standard InChI is InChI=1S/C31H39F4N3O4/c1-7-41-28(40)23(18-30(5,6)32)36-26(31(33,34)35)19-8-10-21-22-16-20(9-11-24(22)42-25(21)17-19)27(39)37-12-14-38(15-13-37)29(2,3)4/h8-11,16-17,23,26,36H,7,12-15,18H2,1-6H3. The number of hydrogen-bond donors (Lipinski definition) is 1. The van der Waals surface area contributed by atoms with E-state index in [0.717, 1.165) is 13.1 Å². The quantitative estimate of drug-likeness (QED) is 0.241. The van der Waals surface area contributed by atoms with Crippen molar-refractivity contribution in [2.75, 3.05) is 32.8 Å². The van der Waals surface area contributed by atoms with E-state index < -0.39 is 36.3 Å². The first kappa shape index (κ1) is 31.7. The van der Waals surface area contributed by atoms with Crippen LogP contribution in [0.5, 0.6) is 0 Å². The first-order chi connectivity index (χ1) is 19.5. The van der Waals surface area contributed by atoms with Crippen LogP contribution in [0.3, 0.4) is 0 Å². The molecule has 1 amide bonds. The van der Waals surface area contributed by atoms with Gasteiger partial charge in [-0.1, -0.05) is 12.1 Å². The number of nitrogens with one attached hydrogen (secondary N) is 1. The van der Waals surface area contributed by atoms with Gasteiger partial charge in [0.1, 0.15) is 28.9 Å². The van der Waals surface area contributed by atoms with Gasteiger partial charge in [0, 0.05) is 54.5 Å². The van der Waals surface area contributed by atoms with Crippen molar-refractivity contribution in [3.8, 4) is 0 Å². The van der Waals surface area contributed by atoms with Gasteiger partial charge < -0.3 is 14.1 Å². The number of hydrogen-bond acceptors (Lipinski definition) is 6. The molecule has 3 aromatic rings. The summed E-state index contributed by atoms with van der Waals surface area (Å²) < 4.78 is 68.0. The number of piperazine rings is 1. The van der Waals surface area contributed by atoms with Crippen LogP contribution in [0.25, 0.3) is 21.9 Å². The predicted molar refractivity (Wildman–Crippen MR) is 153 cm³/mol. The highest BCUT2D eigenvalue weighted by Gasteiger charge is 2.44. The lowest BCUT2D eigenvalue weighted by Crippen LogP contribution is -2.54. The van der Waals surface area contributed by atoms with Gasteiger partial charge in [0.05, 0.1) is 6.61 Å². The molecule has 11 heteroatoms. The summed E-state index contributed by atoms with van der Waals surface area (Å²) in [5.74, 6) is -1.07. The van der Waals surface area contributed by atoms with Crippen LogP contribution in [0, 0.1) is 0 Å². The van der Waals surface area contributed by atoms with E-state index in [2.05, 4.69) is 31.0 Å². The zero-order valence-corrected chi connectivity index (χ0v) is 24.9. The van der Waals surface area contributed by atoms with Crippen molar-refractivity contribution in [2.45, 2.75) is 77.4 Å². The SMILES string of the molecule is CCOC(=O)C(CC(C)(C)F)NC(c1ccc2c(c1)oc1ccc(C(=O)N3CCN(C(C)(C)C)CC3)cc12)C(F)(F)F. The number of ether oxygens (including phenoxy) is 1. The van der Waals surface area contributed by atoms with Crippen LogP contribution in [-0.4, -0.2) is 77.9 Å². The van der Waals surface area contributed by atoms with Gasteiger partial charge in [-0.15, -0.1) is 0 Å². The molecule has 1 saturated heterocycles. The fourth-order valence-electron chi connectivity index (χ4n) is 5.39. The summed E-state index contributed by atoms with van der Waals surface area (Å²) >= 11 is 0. The maximum Gasteiger partial charge on any atom is 0.407 e. The molecule has 0 saturated carbocycles. The minimum Gasteiger partial charge on any atom is -0.465 e. The van der Waals surface area contributed by atoms with Crippen LogP contribution in [0.15, 0.2) is 40.8 Å². The molecule has 2 atom stereocenters. The maximum atomic E-state index is 14.4. The second kappa shape index (κ2) is 11.8. The lowest BCUT2D eigenvalue weighted by atomic mass is 9.97. The van der Waals surface area contributed by atoms with Crippen molar-refractivity contribution in [1.29, 1.82) is 0 Å². The Morgan fingerprint density at radius 2 is 1.60 bits per heavy atom. The van der Waals surface area contributed by atoms with E-state index in [1.165, 1.54) is 39.0 Å². The predicted octanol–water partition coefficient (Wildman–Crippen LogP) is 6.41. The number of halogens is 4. The van der Waals surface area contributed by atoms with E-state index in [1.807, 2.05) is 4.90 Å². The Hall–Kier alpha value is -3.18. The van der Waals surface area contributed by atoms with E-state index in [0.29, 0.717) is 35.0 Å². The molecular weight excluding hydrogens is 554 g/mol. The molecule has 0 spiro atoms. The zero-order chi connectivity index (χ0) is 31.0. The molecule has 2 unspecified atom stereocenters. The van der Waals surface area contributed by atoms with Crippen molar-refractivity contribution in [1.82, 2.24) is 15.1 Å². The van der Waals surface area contributed by atoms with E-state index in [-0.39, 0.29) is 29.2 Å². The van der Waals surface area contributed by atoms with Crippen molar-refractivity contribution < 1.29 is 36.3 Å². The second-order valence-electron chi connectivity index (χ2n) is 12.4. The molecule has 1 fully saturated rings. The van der Waals surface area contributed by atoms with E-state index >= 15 is 0 Å². The molecule has 42 heavy (non-hydrogen) atoms. The number of nitrogens with zero attached hydrogens (tertiary/aromatic N) is 2. The fourth-order valence-corrected chi connectivity index (χ4v) is 5.39. The monoisotopic (exact) mass is 593 g/mol. The molecule has 1 aliphatic rings. The van der Waals surface area contributed by atoms with Crippen LogP contribution < -0.4 is 5.32 Å². The lowest BCUT2D eigenvalue weighted by molar-refractivity contribution is -0.165. The van der Waals surface area contributed by atoms with Crippen LogP contribution in [0.1, 0.15) is 69.9 Å². The molecule has 230 valence electrons. The normalized spacial score (nSPS) is 17.0. The number of carbonyl (C=O) groups is 2. The summed E-state index contributed by atoms with van der Waals surface area (Å²) in [6.07, 6.45) is -5.31. The molecule has 0 radical (unpaired) electrons. The van der Waals surface area contributed by atoms with Crippen molar-refractivity contribution in [3.63, 3.8) is 0 Å². The van der Waals surface area contributed by atoms with Crippen LogP contribution in [-0.2, 0) is 9.53 Å². The highest BCUT2D eigenvalue weighted by molar-refractivity contribution is 6.08. The van der Waals surface area contributed by atoms with Gasteiger partial charge in [-0.05, 0) is 71.4 Å². The van der Waals surface area contributed by atoms with Gasteiger partial charge in [-0.2, -0.15) is 13.2 Å². The van der Waals surface area contributed by atoms with Gasteiger partial charge in [0.15, 0.2) is 0 Å². The van der Waals surface area contributed by atoms with Gasteiger partial charge in [-0.3, -0.25) is 19.8 Å². The number of fused-ring (bicyclic) bond motifs is 3. The number of rotatable bonds is 8. The average Bonchev–Trinajstić information content (AvgIpc) is 3.26. The smallest absolute Gasteiger partial charge is 0.407 e. The van der Waals surface area contributed by atoms with Gasteiger partial charge in [0.2, 0.25) is 0 Å². The highest BCUT2D eigenvalue weighted by Crippen LogP contribution is 2.38. The number of amides is 1. The molecule has 1 N–H and O–H groups in total. The third kappa shape index (κ3) is 7.23. The number of alkyl halides is 4. The molecule has 4 rings (SSSR count). The van der Waals surface area contributed by atoms with Crippen LogP contribution in [0.2, 0.25) is 0 Å². The van der Waals surface area contributed by atoms with Gasteiger partial charge in [-0.25, -0.2) is 4.39 Å². The molecule has 2 heterocycles. The fraction of sp³-hybridized carbons (Fsp3) is 0.548. The highest BCUT2D eigenvalue weighted by atomic mass is 19.4. The molecule has 7 nitrogen and oxygen atoms in total. The van der Waals surface area contributed by atoms with Crippen molar-refractivity contribution in [3.05, 3.63) is 47.5 Å². The van der Waals surface area contributed by atoms with Crippen molar-refractivity contribution >= 4 is 33.8 Å². The number of benzene rings is 2. The summed E-state index contributed by atoms with van der Waals surface area (Å²) in [5, 5.41) is 3.44. The molecular formula is C31H39F4N3O4. The Kier molecular flexibility index (Phi) is 8.95. The summed E-state index contributed by atoms with van der Waals surface area (Å²) in [5.41, 5.74) is -1.00. The number of esters is 1. The Bertz CT molecular complexity index is 1430. The summed E-state index contributed by atoms with van der Waals surface area (Å²) in [6, 6.07) is 5.27. The minimum absolute atomic E-state index is 0.0207. The number of furan rings is 1. The molecule has 1 aliphatic heterocycles. The zero-order valence-electron chi connectivity index (χ0n) is 24.9. The van der Waals surface area contributed by atoms with Crippen LogP contribution >= 0.6 is 0 Å². The third-order valence-corrected chi connectivity index (χ3v) is 7.55. The van der Waals surface area contributed by atoms with E-state index in [9.17, 15) is 27.2 Å². The topological polar surface area (TPSA) is 75.0 Å². The maximum absolute atomic E-state index is 14.4. The van der Waals surface area contributed by atoms with E-state index in [4.69, 9.17) is 9.15 Å². The van der Waals surface area contributed by atoms with E-state index in [1.54, 1.807) is 18.2 Å². The van der Waals surface area contributed by atoms with Crippen molar-refractivity contribution in [2.24, 2.45) is 0 Å². The third-order valence-electron chi connectivity index (χ3n) is 7.55. The lowest BCUT2D eigenvalue weighted by Gasteiger charge is -2.42. The molecule has 0 aliphatic carbocycles. The Morgan fingerprint density at radius 3 is 2.17 bits per heavy atom. The minimum atomic E-state index is -4.80. The Morgan fingerprint density at radius 1 is 0.929 bits per heavy atom. The Labute approximate surface area is 243 Å². The first-order valence-corrected chi connectivity index (χ1v) is 14.2. The van der Waals surface area contributed by atoms with Crippen LogP contribution in [0.4, 0.5) is 17.6 Å². The molecule has 2 aromatic carbocycles. The largest absolute Gasteiger partial charge is 0.465 e. The Balaban J connectivity index is 1.62. The summed E-state index contributed by atoms with van der Waals surface area (Å²) in [4.78, 5) is 29.9. The first-order valence-electron chi connectivity index (χ1n) is 14.2. The summed E-state index contributed by atoms with van der Waals surface area (Å²) in [7, 11) is 0. The number of carbonyl (C=O) groups excluding carboxylic acids is 2. The van der Waals surface area contributed by atoms with Gasteiger partial charge in [0.25, 0.3) is 5.91 Å². The second-order valence-corrected chi connectivity index (χ2v) is 12.4. The molecule has 0 bridgehead atoms.